The Hall–Kier alpha value is -0.970. The van der Waals surface area contributed by atoms with Gasteiger partial charge in [0, 0.05) is 24.7 Å². The lowest BCUT2D eigenvalue weighted by Crippen LogP contribution is -2.33. The molecule has 0 aromatic heterocycles. The highest BCUT2D eigenvalue weighted by Crippen LogP contribution is 2.27. The van der Waals surface area contributed by atoms with Crippen molar-refractivity contribution in [1.82, 2.24) is 4.90 Å². The third-order valence-electron chi connectivity index (χ3n) is 4.14. The minimum atomic E-state index is 0. The van der Waals surface area contributed by atoms with Gasteiger partial charge < -0.3 is 9.47 Å². The van der Waals surface area contributed by atoms with Gasteiger partial charge in [-0.2, -0.15) is 0 Å². The average Bonchev–Trinajstić information content (AvgIpc) is 2.59. The summed E-state index contributed by atoms with van der Waals surface area (Å²) in [6.07, 6.45) is 1.12. The number of hydrogen-bond acceptors (Lipinski definition) is 3. The number of hydrogen-bond donors (Lipinski definition) is 0. The first kappa shape index (κ1) is 20.3. The van der Waals surface area contributed by atoms with Crippen LogP contribution in [0.3, 0.4) is 0 Å². The van der Waals surface area contributed by atoms with Crippen LogP contribution in [0.25, 0.3) is 0 Å². The van der Waals surface area contributed by atoms with Crippen LogP contribution in [0, 0.1) is 0 Å². The topological polar surface area (TPSA) is 21.7 Å². The summed E-state index contributed by atoms with van der Waals surface area (Å²) < 4.78 is 11.3. The summed E-state index contributed by atoms with van der Waals surface area (Å²) in [5.41, 5.74) is 2.91. The average molecular weight is 403 g/mol. The Morgan fingerprint density at radius 3 is 2.56 bits per heavy atom. The Balaban J connectivity index is 0.00000225. The van der Waals surface area contributed by atoms with Crippen LogP contribution in [-0.4, -0.2) is 37.8 Å². The smallest absolute Gasteiger partial charge is 0.138 e. The van der Waals surface area contributed by atoms with Crippen LogP contribution in [0.5, 0.6) is 5.75 Å². The lowest BCUT2D eigenvalue weighted by molar-refractivity contribution is 0.0766. The van der Waals surface area contributed by atoms with Crippen LogP contribution in [-0.2, 0) is 17.7 Å². The van der Waals surface area contributed by atoms with Crippen LogP contribution in [0.1, 0.15) is 11.1 Å². The van der Waals surface area contributed by atoms with Gasteiger partial charge in [0.15, 0.2) is 0 Å². The van der Waals surface area contributed by atoms with Crippen molar-refractivity contribution in [2.75, 3.05) is 32.9 Å². The Morgan fingerprint density at radius 2 is 1.76 bits per heavy atom. The van der Waals surface area contributed by atoms with E-state index in [0.29, 0.717) is 35.6 Å². The van der Waals surface area contributed by atoms with Gasteiger partial charge >= 0.3 is 0 Å². The maximum Gasteiger partial charge on any atom is 0.138 e. The van der Waals surface area contributed by atoms with E-state index in [-0.39, 0.29) is 12.4 Å². The molecule has 0 radical (unpaired) electrons. The molecule has 1 aliphatic rings. The molecule has 0 saturated heterocycles. The van der Waals surface area contributed by atoms with Crippen molar-refractivity contribution in [3.8, 4) is 5.75 Å². The molecule has 0 bridgehead atoms. The molecule has 2 aromatic rings. The van der Waals surface area contributed by atoms with Crippen LogP contribution < -0.4 is 4.74 Å². The van der Waals surface area contributed by atoms with Crippen molar-refractivity contribution in [3.63, 3.8) is 0 Å². The molecule has 6 heteroatoms. The molecule has 0 saturated carbocycles. The first-order valence-electron chi connectivity index (χ1n) is 8.17. The van der Waals surface area contributed by atoms with Crippen molar-refractivity contribution in [3.05, 3.63) is 63.6 Å². The minimum absolute atomic E-state index is 0. The largest absolute Gasteiger partial charge is 0.490 e. The first-order chi connectivity index (χ1) is 11.7. The quantitative estimate of drug-likeness (QED) is 0.617. The molecule has 3 nitrogen and oxygen atoms in total. The summed E-state index contributed by atoms with van der Waals surface area (Å²) in [5.74, 6) is 0.636. The van der Waals surface area contributed by atoms with Crippen LogP contribution >= 0.6 is 35.6 Å². The molecular weight excluding hydrogens is 381 g/mol. The van der Waals surface area contributed by atoms with Crippen molar-refractivity contribution >= 4 is 35.6 Å². The zero-order valence-corrected chi connectivity index (χ0v) is 16.2. The van der Waals surface area contributed by atoms with E-state index in [1.807, 2.05) is 0 Å². The Morgan fingerprint density at radius 1 is 0.960 bits per heavy atom. The molecule has 0 fully saturated rings. The van der Waals surface area contributed by atoms with Crippen LogP contribution in [0.2, 0.25) is 10.0 Å². The van der Waals surface area contributed by atoms with Crippen molar-refractivity contribution in [2.24, 2.45) is 0 Å². The zero-order chi connectivity index (χ0) is 16.8. The molecule has 0 amide bonds. The fourth-order valence-corrected chi connectivity index (χ4v) is 3.31. The summed E-state index contributed by atoms with van der Waals surface area (Å²) in [4.78, 5) is 2.43. The third-order valence-corrected chi connectivity index (χ3v) is 4.67. The highest BCUT2D eigenvalue weighted by atomic mass is 35.5. The van der Waals surface area contributed by atoms with Gasteiger partial charge in [-0.05, 0) is 35.7 Å². The molecule has 0 atom stereocenters. The van der Waals surface area contributed by atoms with E-state index in [0.717, 1.165) is 26.1 Å². The molecule has 136 valence electrons. The first-order valence-corrected chi connectivity index (χ1v) is 8.93. The van der Waals surface area contributed by atoms with Crippen molar-refractivity contribution in [2.45, 2.75) is 13.0 Å². The van der Waals surface area contributed by atoms with Crippen LogP contribution in [0.15, 0.2) is 42.5 Å². The molecule has 2 aromatic carbocycles. The van der Waals surface area contributed by atoms with Gasteiger partial charge in [0.2, 0.25) is 0 Å². The second-order valence-electron chi connectivity index (χ2n) is 5.83. The Labute approximate surface area is 165 Å². The maximum atomic E-state index is 6.06. The SMILES string of the molecule is Cl.Clc1ccc(OCCOCCN2CCc3ccccc3C2)c(Cl)c1. The van der Waals surface area contributed by atoms with Gasteiger partial charge in [-0.3, -0.25) is 4.90 Å². The molecule has 1 heterocycles. The molecular formula is C19H22Cl3NO2. The molecule has 1 aliphatic heterocycles. The number of ether oxygens (including phenoxy) is 2. The van der Waals surface area contributed by atoms with Crippen molar-refractivity contribution < 1.29 is 9.47 Å². The summed E-state index contributed by atoms with van der Waals surface area (Å²) in [7, 11) is 0. The Kier molecular flexibility index (Phi) is 8.34. The lowest BCUT2D eigenvalue weighted by atomic mass is 10.0. The molecule has 3 rings (SSSR count). The number of halogens is 3. The molecule has 0 aliphatic carbocycles. The zero-order valence-electron chi connectivity index (χ0n) is 13.9. The standard InChI is InChI=1S/C19H21Cl2NO2.ClH/c20-17-5-6-19(18(21)13-17)24-12-11-23-10-9-22-8-7-15-3-1-2-4-16(15)14-22;/h1-6,13H,7-12,14H2;1H. The predicted molar refractivity (Wildman–Crippen MR) is 105 cm³/mol. The van der Waals surface area contributed by atoms with Gasteiger partial charge in [0.1, 0.15) is 12.4 Å². The van der Waals surface area contributed by atoms with Gasteiger partial charge in [-0.25, -0.2) is 0 Å². The minimum Gasteiger partial charge on any atom is -0.490 e. The molecule has 0 N–H and O–H groups in total. The highest BCUT2D eigenvalue weighted by Gasteiger charge is 2.14. The maximum absolute atomic E-state index is 6.06. The highest BCUT2D eigenvalue weighted by molar-refractivity contribution is 6.35. The van der Waals surface area contributed by atoms with Gasteiger partial charge in [-0.15, -0.1) is 12.4 Å². The van der Waals surface area contributed by atoms with Crippen molar-refractivity contribution in [1.29, 1.82) is 0 Å². The number of benzene rings is 2. The second kappa shape index (κ2) is 10.2. The second-order valence-corrected chi connectivity index (χ2v) is 6.67. The molecule has 25 heavy (non-hydrogen) atoms. The summed E-state index contributed by atoms with van der Waals surface area (Å²) in [6, 6.07) is 13.9. The fourth-order valence-electron chi connectivity index (χ4n) is 2.84. The summed E-state index contributed by atoms with van der Waals surface area (Å²) >= 11 is 11.9. The van der Waals surface area contributed by atoms with Gasteiger partial charge in [0.05, 0.1) is 18.2 Å². The van der Waals surface area contributed by atoms with E-state index in [1.165, 1.54) is 11.1 Å². The predicted octanol–water partition coefficient (Wildman–Crippen LogP) is 4.87. The van der Waals surface area contributed by atoms with Gasteiger partial charge in [-0.1, -0.05) is 47.5 Å². The molecule has 0 unspecified atom stereocenters. The van der Waals surface area contributed by atoms with Crippen LogP contribution in [0.4, 0.5) is 0 Å². The number of nitrogens with zero attached hydrogens (tertiary/aromatic N) is 1. The Bertz CT molecular complexity index is 681. The molecule has 0 spiro atoms. The number of rotatable bonds is 7. The van der Waals surface area contributed by atoms with E-state index in [4.69, 9.17) is 32.7 Å². The third kappa shape index (κ3) is 6.05. The number of fused-ring (bicyclic) bond motifs is 1. The lowest BCUT2D eigenvalue weighted by Gasteiger charge is -2.28. The van der Waals surface area contributed by atoms with E-state index in [9.17, 15) is 0 Å². The van der Waals surface area contributed by atoms with E-state index >= 15 is 0 Å². The van der Waals surface area contributed by atoms with Gasteiger partial charge in [0.25, 0.3) is 0 Å². The van der Waals surface area contributed by atoms with E-state index in [1.54, 1.807) is 18.2 Å². The van der Waals surface area contributed by atoms with E-state index in [2.05, 4.69) is 29.2 Å². The normalized spacial score (nSPS) is 13.8. The van der Waals surface area contributed by atoms with E-state index < -0.39 is 0 Å². The fraction of sp³-hybridized carbons (Fsp3) is 0.368. The summed E-state index contributed by atoms with van der Waals surface area (Å²) in [5, 5.41) is 1.13. The summed E-state index contributed by atoms with van der Waals surface area (Å²) in [6.45, 7) is 4.77. The monoisotopic (exact) mass is 401 g/mol.